The molecule has 1 amide bonds. The molecule has 0 saturated heterocycles. The Hall–Kier alpha value is -2.76. The van der Waals surface area contributed by atoms with Crippen LogP contribution in [0, 0.1) is 12.7 Å². The molecule has 2 aromatic carbocycles. The maximum Gasteiger partial charge on any atom is 0.239 e. The second kappa shape index (κ2) is 8.19. The SMILES string of the molecule is COc1ccc(CNC(=O)CNc2ccc(C)cc2F)cc1OC. The largest absolute Gasteiger partial charge is 0.493 e. The molecule has 0 aliphatic heterocycles. The Bertz CT molecular complexity index is 719. The Balaban J connectivity index is 1.87. The van der Waals surface area contributed by atoms with Crippen molar-refractivity contribution < 1.29 is 18.7 Å². The molecule has 128 valence electrons. The number of nitrogens with one attached hydrogen (secondary N) is 2. The molecule has 0 radical (unpaired) electrons. The van der Waals surface area contributed by atoms with Crippen molar-refractivity contribution in [2.75, 3.05) is 26.1 Å². The number of halogens is 1. The van der Waals surface area contributed by atoms with Crippen molar-refractivity contribution in [3.05, 3.63) is 53.3 Å². The topological polar surface area (TPSA) is 59.6 Å². The van der Waals surface area contributed by atoms with E-state index >= 15 is 0 Å². The molecule has 2 rings (SSSR count). The van der Waals surface area contributed by atoms with Gasteiger partial charge >= 0.3 is 0 Å². The molecule has 0 heterocycles. The third-order valence-electron chi connectivity index (χ3n) is 3.50. The number of anilines is 1. The fourth-order valence-corrected chi connectivity index (χ4v) is 2.19. The number of aryl methyl sites for hydroxylation is 1. The van der Waals surface area contributed by atoms with Crippen LogP contribution < -0.4 is 20.1 Å². The molecule has 2 N–H and O–H groups in total. The maximum atomic E-state index is 13.7. The fraction of sp³-hybridized carbons (Fsp3) is 0.278. The van der Waals surface area contributed by atoms with E-state index in [4.69, 9.17) is 9.47 Å². The Morgan fingerprint density at radius 1 is 1.08 bits per heavy atom. The molecule has 24 heavy (non-hydrogen) atoms. The van der Waals surface area contributed by atoms with E-state index in [1.807, 2.05) is 13.0 Å². The number of hydrogen-bond acceptors (Lipinski definition) is 4. The minimum atomic E-state index is -0.373. The van der Waals surface area contributed by atoms with Gasteiger partial charge in [-0.3, -0.25) is 4.79 Å². The molecular formula is C18H21FN2O3. The summed E-state index contributed by atoms with van der Waals surface area (Å²) in [5.41, 5.74) is 2.01. The molecule has 0 unspecified atom stereocenters. The van der Waals surface area contributed by atoms with Gasteiger partial charge in [-0.2, -0.15) is 0 Å². The predicted molar refractivity (Wildman–Crippen MR) is 91.0 cm³/mol. The van der Waals surface area contributed by atoms with Gasteiger partial charge in [0.05, 0.1) is 26.5 Å². The Labute approximate surface area is 140 Å². The van der Waals surface area contributed by atoms with E-state index in [2.05, 4.69) is 10.6 Å². The van der Waals surface area contributed by atoms with Crippen LogP contribution in [0.25, 0.3) is 0 Å². The Morgan fingerprint density at radius 3 is 2.50 bits per heavy atom. The van der Waals surface area contributed by atoms with Crippen LogP contribution in [0.3, 0.4) is 0 Å². The van der Waals surface area contributed by atoms with Crippen LogP contribution in [0.15, 0.2) is 36.4 Å². The van der Waals surface area contributed by atoms with Crippen LogP contribution in [0.5, 0.6) is 11.5 Å². The monoisotopic (exact) mass is 332 g/mol. The van der Waals surface area contributed by atoms with E-state index in [-0.39, 0.29) is 18.3 Å². The lowest BCUT2D eigenvalue weighted by molar-refractivity contribution is -0.119. The van der Waals surface area contributed by atoms with E-state index < -0.39 is 0 Å². The number of hydrogen-bond donors (Lipinski definition) is 2. The van der Waals surface area contributed by atoms with Crippen molar-refractivity contribution in [2.24, 2.45) is 0 Å². The highest BCUT2D eigenvalue weighted by atomic mass is 19.1. The van der Waals surface area contributed by atoms with Crippen molar-refractivity contribution in [1.29, 1.82) is 0 Å². The molecule has 0 bridgehead atoms. The molecule has 0 aliphatic carbocycles. The standard InChI is InChI=1S/C18H21FN2O3/c1-12-4-6-15(14(19)8-12)20-11-18(22)21-10-13-5-7-16(23-2)17(9-13)24-3/h4-9,20H,10-11H2,1-3H3,(H,21,22). The second-order valence-corrected chi connectivity index (χ2v) is 5.30. The van der Waals surface area contributed by atoms with Gasteiger partial charge in [-0.05, 0) is 42.3 Å². The highest BCUT2D eigenvalue weighted by Crippen LogP contribution is 2.27. The molecular weight excluding hydrogens is 311 g/mol. The van der Waals surface area contributed by atoms with E-state index in [0.29, 0.717) is 23.7 Å². The first-order valence-corrected chi connectivity index (χ1v) is 7.51. The first kappa shape index (κ1) is 17.6. The lowest BCUT2D eigenvalue weighted by atomic mass is 10.2. The number of benzene rings is 2. The summed E-state index contributed by atoms with van der Waals surface area (Å²) >= 11 is 0. The summed E-state index contributed by atoms with van der Waals surface area (Å²) in [5.74, 6) is 0.626. The predicted octanol–water partition coefficient (Wildman–Crippen LogP) is 2.88. The van der Waals surface area contributed by atoms with Crippen LogP contribution in [0.2, 0.25) is 0 Å². The lowest BCUT2D eigenvalue weighted by Gasteiger charge is -2.11. The van der Waals surface area contributed by atoms with Crippen LogP contribution in [-0.2, 0) is 11.3 Å². The minimum absolute atomic E-state index is 0.00668. The minimum Gasteiger partial charge on any atom is -0.493 e. The average Bonchev–Trinajstić information content (AvgIpc) is 2.58. The fourth-order valence-electron chi connectivity index (χ4n) is 2.19. The van der Waals surface area contributed by atoms with E-state index in [1.165, 1.54) is 6.07 Å². The van der Waals surface area contributed by atoms with Crippen molar-refractivity contribution in [3.63, 3.8) is 0 Å². The number of rotatable bonds is 7. The van der Waals surface area contributed by atoms with E-state index in [0.717, 1.165) is 11.1 Å². The number of carbonyl (C=O) groups excluding carboxylic acids is 1. The van der Waals surface area contributed by atoms with E-state index in [9.17, 15) is 9.18 Å². The Morgan fingerprint density at radius 2 is 1.83 bits per heavy atom. The molecule has 0 spiro atoms. The number of methoxy groups -OCH3 is 2. The third kappa shape index (κ3) is 4.62. The maximum absolute atomic E-state index is 13.7. The van der Waals surface area contributed by atoms with Gasteiger partial charge < -0.3 is 20.1 Å². The first-order chi connectivity index (χ1) is 11.5. The average molecular weight is 332 g/mol. The highest BCUT2D eigenvalue weighted by molar-refractivity contribution is 5.80. The van der Waals surface area contributed by atoms with Crippen LogP contribution in [-0.4, -0.2) is 26.7 Å². The van der Waals surface area contributed by atoms with Crippen LogP contribution in [0.4, 0.5) is 10.1 Å². The molecule has 0 saturated carbocycles. The molecule has 2 aromatic rings. The second-order valence-electron chi connectivity index (χ2n) is 5.30. The summed E-state index contributed by atoms with van der Waals surface area (Å²) in [6, 6.07) is 10.2. The molecule has 0 aliphatic rings. The van der Waals surface area contributed by atoms with Gasteiger partial charge in [0.1, 0.15) is 5.82 Å². The van der Waals surface area contributed by atoms with Crippen LogP contribution >= 0.6 is 0 Å². The molecule has 5 nitrogen and oxygen atoms in total. The van der Waals surface area contributed by atoms with Gasteiger partial charge in [-0.25, -0.2) is 4.39 Å². The van der Waals surface area contributed by atoms with Gasteiger partial charge in [-0.1, -0.05) is 12.1 Å². The number of amides is 1. The third-order valence-corrected chi connectivity index (χ3v) is 3.50. The van der Waals surface area contributed by atoms with Crippen molar-refractivity contribution in [3.8, 4) is 11.5 Å². The van der Waals surface area contributed by atoms with Gasteiger partial charge in [0.15, 0.2) is 11.5 Å². The highest BCUT2D eigenvalue weighted by Gasteiger charge is 2.07. The zero-order valence-corrected chi connectivity index (χ0v) is 14.0. The summed E-state index contributed by atoms with van der Waals surface area (Å²) in [6.45, 7) is 2.15. The summed E-state index contributed by atoms with van der Waals surface area (Å²) in [4.78, 5) is 11.9. The molecule has 0 atom stereocenters. The zero-order chi connectivity index (χ0) is 17.5. The van der Waals surface area contributed by atoms with Crippen molar-refractivity contribution in [1.82, 2.24) is 5.32 Å². The molecule has 0 fully saturated rings. The van der Waals surface area contributed by atoms with E-state index in [1.54, 1.807) is 38.5 Å². The first-order valence-electron chi connectivity index (χ1n) is 7.51. The summed E-state index contributed by atoms with van der Waals surface area (Å²) in [5, 5.41) is 5.55. The number of carbonyl (C=O) groups is 1. The Kier molecular flexibility index (Phi) is 6.01. The van der Waals surface area contributed by atoms with Crippen molar-refractivity contribution in [2.45, 2.75) is 13.5 Å². The quantitative estimate of drug-likeness (QED) is 0.818. The lowest BCUT2D eigenvalue weighted by Crippen LogP contribution is -2.29. The normalized spacial score (nSPS) is 10.2. The summed E-state index contributed by atoms with van der Waals surface area (Å²) in [6.07, 6.45) is 0. The summed E-state index contributed by atoms with van der Waals surface area (Å²) < 4.78 is 24.1. The smallest absolute Gasteiger partial charge is 0.239 e. The van der Waals surface area contributed by atoms with Gasteiger partial charge in [0.25, 0.3) is 0 Å². The van der Waals surface area contributed by atoms with Gasteiger partial charge in [-0.15, -0.1) is 0 Å². The molecule has 0 aromatic heterocycles. The van der Waals surface area contributed by atoms with Gasteiger partial charge in [0, 0.05) is 6.54 Å². The van der Waals surface area contributed by atoms with Crippen LogP contribution in [0.1, 0.15) is 11.1 Å². The zero-order valence-electron chi connectivity index (χ0n) is 14.0. The summed E-state index contributed by atoms with van der Waals surface area (Å²) in [7, 11) is 3.12. The molecule has 6 heteroatoms. The number of ether oxygens (including phenoxy) is 2. The van der Waals surface area contributed by atoms with Crippen molar-refractivity contribution >= 4 is 11.6 Å². The van der Waals surface area contributed by atoms with Gasteiger partial charge in [0.2, 0.25) is 5.91 Å².